The molecule has 1 aromatic heterocycles. The summed E-state index contributed by atoms with van der Waals surface area (Å²) in [6, 6.07) is 3.04. The van der Waals surface area contributed by atoms with E-state index in [0.29, 0.717) is 6.42 Å². The molecule has 1 rings (SSSR count). The minimum atomic E-state index is -0.602. The number of pyridine rings is 1. The van der Waals surface area contributed by atoms with Gasteiger partial charge in [-0.3, -0.25) is 9.78 Å². The maximum absolute atomic E-state index is 12.3. The van der Waals surface area contributed by atoms with Gasteiger partial charge in [0.25, 0.3) is 0 Å². The van der Waals surface area contributed by atoms with Gasteiger partial charge in [-0.05, 0) is 17.7 Å². The Hall–Kier alpha value is -1.91. The largest absolute Gasteiger partial charge is 0.453 e. The number of carbonyl (C=O) groups excluding carboxylic acids is 2. The second-order valence-electron chi connectivity index (χ2n) is 5.36. The fraction of sp³-hybridized carbons (Fsp3) is 0.500. The summed E-state index contributed by atoms with van der Waals surface area (Å²) in [6.45, 7) is 5.48. The number of nitrogens with zero attached hydrogens (tertiary/aromatic N) is 1. The normalized spacial score (nSPS) is 12.6. The molecule has 1 heterocycles. The van der Waals surface area contributed by atoms with Gasteiger partial charge in [-0.1, -0.05) is 20.8 Å². The predicted molar refractivity (Wildman–Crippen MR) is 71.7 cm³/mol. The van der Waals surface area contributed by atoms with E-state index in [2.05, 4.69) is 15.0 Å². The van der Waals surface area contributed by atoms with Crippen molar-refractivity contribution in [3.63, 3.8) is 0 Å². The van der Waals surface area contributed by atoms with E-state index < -0.39 is 17.6 Å². The lowest BCUT2D eigenvalue weighted by molar-refractivity contribution is -0.128. The van der Waals surface area contributed by atoms with E-state index in [1.54, 1.807) is 12.4 Å². The number of methoxy groups -OCH3 is 1. The van der Waals surface area contributed by atoms with Gasteiger partial charge in [0.05, 0.1) is 13.2 Å². The van der Waals surface area contributed by atoms with Crippen LogP contribution in [0.1, 0.15) is 26.3 Å². The molecule has 0 saturated carbocycles. The topological polar surface area (TPSA) is 68.3 Å². The summed E-state index contributed by atoms with van der Waals surface area (Å²) in [5.41, 5.74) is 0.410. The van der Waals surface area contributed by atoms with Crippen molar-refractivity contribution in [3.8, 4) is 0 Å². The van der Waals surface area contributed by atoms with Gasteiger partial charge < -0.3 is 10.1 Å². The molecule has 1 aromatic rings. The molecule has 0 bridgehead atoms. The first kappa shape index (κ1) is 15.1. The molecule has 0 fully saturated rings. The first-order chi connectivity index (χ1) is 8.84. The molecular weight excluding hydrogens is 244 g/mol. The molecular formula is C14H20N2O3. The third-order valence-electron chi connectivity index (χ3n) is 2.72. The Morgan fingerprint density at radius 2 is 1.89 bits per heavy atom. The monoisotopic (exact) mass is 264 g/mol. The Morgan fingerprint density at radius 1 is 1.32 bits per heavy atom. The molecule has 1 atom stereocenters. The Labute approximate surface area is 113 Å². The van der Waals surface area contributed by atoms with Crippen molar-refractivity contribution in [1.29, 1.82) is 0 Å². The molecule has 0 aromatic carbocycles. The predicted octanol–water partition coefficient (Wildman–Crippen LogP) is 1.96. The van der Waals surface area contributed by atoms with Crippen LogP contribution in [0, 0.1) is 5.41 Å². The average Bonchev–Trinajstić information content (AvgIpc) is 2.37. The van der Waals surface area contributed by atoms with Crippen LogP contribution in [0.4, 0.5) is 4.79 Å². The summed E-state index contributed by atoms with van der Waals surface area (Å²) in [5.74, 6) is -0.0327. The van der Waals surface area contributed by atoms with E-state index in [0.717, 1.165) is 5.56 Å². The standard InChI is InChI=1S/C14H20N2O3/c1-14(2,3)12(17)11(16-13(18)19-4)9-10-5-7-15-8-6-10/h5-8,11H,9H2,1-4H3,(H,16,18). The molecule has 0 saturated heterocycles. The number of ether oxygens (including phenoxy) is 1. The van der Waals surface area contributed by atoms with Crippen molar-refractivity contribution in [1.82, 2.24) is 10.3 Å². The van der Waals surface area contributed by atoms with Crippen LogP contribution in [-0.4, -0.2) is 30.0 Å². The summed E-state index contributed by atoms with van der Waals surface area (Å²) in [4.78, 5) is 27.6. The first-order valence-corrected chi connectivity index (χ1v) is 6.12. The summed E-state index contributed by atoms with van der Waals surface area (Å²) in [5, 5.41) is 2.59. The smallest absolute Gasteiger partial charge is 0.407 e. The van der Waals surface area contributed by atoms with Crippen molar-refractivity contribution in [2.24, 2.45) is 5.41 Å². The number of hydrogen-bond donors (Lipinski definition) is 1. The highest BCUT2D eigenvalue weighted by molar-refractivity contribution is 5.91. The number of aromatic nitrogens is 1. The van der Waals surface area contributed by atoms with Gasteiger partial charge in [-0.2, -0.15) is 0 Å². The minimum Gasteiger partial charge on any atom is -0.453 e. The van der Waals surface area contributed by atoms with E-state index in [4.69, 9.17) is 0 Å². The zero-order valence-corrected chi connectivity index (χ0v) is 11.8. The highest BCUT2D eigenvalue weighted by Gasteiger charge is 2.31. The molecule has 1 unspecified atom stereocenters. The van der Waals surface area contributed by atoms with Crippen molar-refractivity contribution < 1.29 is 14.3 Å². The number of hydrogen-bond acceptors (Lipinski definition) is 4. The van der Waals surface area contributed by atoms with Crippen LogP contribution in [0.3, 0.4) is 0 Å². The van der Waals surface area contributed by atoms with Crippen LogP contribution >= 0.6 is 0 Å². The van der Waals surface area contributed by atoms with E-state index in [1.807, 2.05) is 32.9 Å². The Balaban J connectivity index is 2.87. The van der Waals surface area contributed by atoms with Crippen molar-refractivity contribution in [3.05, 3.63) is 30.1 Å². The highest BCUT2D eigenvalue weighted by atomic mass is 16.5. The van der Waals surface area contributed by atoms with Gasteiger partial charge in [0.1, 0.15) is 0 Å². The van der Waals surface area contributed by atoms with Crippen molar-refractivity contribution in [2.75, 3.05) is 7.11 Å². The van der Waals surface area contributed by atoms with E-state index in [1.165, 1.54) is 7.11 Å². The summed E-state index contributed by atoms with van der Waals surface area (Å²) in [6.07, 6.45) is 3.14. The van der Waals surface area contributed by atoms with Crippen molar-refractivity contribution in [2.45, 2.75) is 33.2 Å². The van der Waals surface area contributed by atoms with E-state index >= 15 is 0 Å². The second kappa shape index (κ2) is 6.31. The third-order valence-corrected chi connectivity index (χ3v) is 2.72. The van der Waals surface area contributed by atoms with Crippen LogP contribution < -0.4 is 5.32 Å². The molecule has 1 amide bonds. The molecule has 0 radical (unpaired) electrons. The SMILES string of the molecule is COC(=O)NC(Cc1ccncc1)C(=O)C(C)(C)C. The van der Waals surface area contributed by atoms with Gasteiger partial charge in [-0.15, -0.1) is 0 Å². The van der Waals surface area contributed by atoms with Crippen LogP contribution in [-0.2, 0) is 16.0 Å². The number of nitrogens with one attached hydrogen (secondary N) is 1. The average molecular weight is 264 g/mol. The number of Topliss-reactive ketones (excluding diaryl/α,β-unsaturated/α-hetero) is 1. The van der Waals surface area contributed by atoms with Gasteiger partial charge in [-0.25, -0.2) is 4.79 Å². The van der Waals surface area contributed by atoms with Crippen LogP contribution in [0.2, 0.25) is 0 Å². The zero-order valence-electron chi connectivity index (χ0n) is 11.8. The fourth-order valence-corrected chi connectivity index (χ4v) is 1.69. The number of alkyl carbamates (subject to hydrolysis) is 1. The molecule has 1 N–H and O–H groups in total. The van der Waals surface area contributed by atoms with Crippen molar-refractivity contribution >= 4 is 11.9 Å². The number of rotatable bonds is 4. The highest BCUT2D eigenvalue weighted by Crippen LogP contribution is 2.19. The Bertz CT molecular complexity index is 438. The Morgan fingerprint density at radius 3 is 2.37 bits per heavy atom. The molecule has 0 spiro atoms. The van der Waals surface area contributed by atoms with Gasteiger partial charge in [0.2, 0.25) is 0 Å². The lowest BCUT2D eigenvalue weighted by atomic mass is 9.84. The Kier molecular flexibility index (Phi) is 5.03. The van der Waals surface area contributed by atoms with Gasteiger partial charge in [0, 0.05) is 24.2 Å². The maximum Gasteiger partial charge on any atom is 0.407 e. The zero-order chi connectivity index (χ0) is 14.5. The fourth-order valence-electron chi connectivity index (χ4n) is 1.69. The maximum atomic E-state index is 12.3. The molecule has 19 heavy (non-hydrogen) atoms. The minimum absolute atomic E-state index is 0.0327. The number of amides is 1. The number of carbonyl (C=O) groups is 2. The van der Waals surface area contributed by atoms with Crippen LogP contribution in [0.25, 0.3) is 0 Å². The molecule has 5 nitrogen and oxygen atoms in total. The lowest BCUT2D eigenvalue weighted by Gasteiger charge is -2.25. The quantitative estimate of drug-likeness (QED) is 0.902. The molecule has 0 aliphatic carbocycles. The summed E-state index contributed by atoms with van der Waals surface area (Å²) in [7, 11) is 1.28. The summed E-state index contributed by atoms with van der Waals surface area (Å²) < 4.78 is 4.57. The van der Waals surface area contributed by atoms with Gasteiger partial charge >= 0.3 is 6.09 Å². The van der Waals surface area contributed by atoms with E-state index in [9.17, 15) is 9.59 Å². The molecule has 5 heteroatoms. The third kappa shape index (κ3) is 4.69. The number of ketones is 1. The summed E-state index contributed by atoms with van der Waals surface area (Å²) >= 11 is 0. The van der Waals surface area contributed by atoms with Gasteiger partial charge in [0.15, 0.2) is 5.78 Å². The molecule has 104 valence electrons. The van der Waals surface area contributed by atoms with Crippen LogP contribution in [0.15, 0.2) is 24.5 Å². The second-order valence-corrected chi connectivity index (χ2v) is 5.36. The molecule has 0 aliphatic heterocycles. The lowest BCUT2D eigenvalue weighted by Crippen LogP contribution is -2.46. The molecule has 0 aliphatic rings. The van der Waals surface area contributed by atoms with E-state index in [-0.39, 0.29) is 5.78 Å². The van der Waals surface area contributed by atoms with Crippen LogP contribution in [0.5, 0.6) is 0 Å². The first-order valence-electron chi connectivity index (χ1n) is 6.12.